The molecule has 0 radical (unpaired) electrons. The van der Waals surface area contributed by atoms with Crippen LogP contribution in [0.4, 0.5) is 0 Å². The Labute approximate surface area is 123 Å². The van der Waals surface area contributed by atoms with Crippen LogP contribution in [0.2, 0.25) is 0 Å². The summed E-state index contributed by atoms with van der Waals surface area (Å²) in [6.45, 7) is 7.11. The summed E-state index contributed by atoms with van der Waals surface area (Å²) in [5.74, 6) is 0.246. The van der Waals surface area contributed by atoms with Crippen LogP contribution < -0.4 is 15.4 Å². The van der Waals surface area contributed by atoms with Gasteiger partial charge >= 0.3 is 5.63 Å². The van der Waals surface area contributed by atoms with Gasteiger partial charge in [0.1, 0.15) is 44.1 Å². The number of hydrogen-bond acceptors (Lipinski definition) is 3. The Hall–Kier alpha value is -1.85. The number of nitrogens with one attached hydrogen (secondary N) is 2. The molecule has 5 nitrogen and oxygen atoms in total. The van der Waals surface area contributed by atoms with Crippen molar-refractivity contribution in [1.82, 2.24) is 0 Å². The smallest absolute Gasteiger partial charge is 0.336 e. The number of phenolic OH excluding ortho intramolecular Hbond substituents is 1. The third-order valence-electron chi connectivity index (χ3n) is 4.40. The maximum absolute atomic E-state index is 11.8. The largest absolute Gasteiger partial charge is 0.508 e. The van der Waals surface area contributed by atoms with Gasteiger partial charge in [-0.1, -0.05) is 0 Å². The molecule has 3 N–H and O–H groups in total. The monoisotopic (exact) mass is 290 g/mol. The zero-order chi connectivity index (χ0) is 15.0. The van der Waals surface area contributed by atoms with Crippen molar-refractivity contribution < 1.29 is 19.3 Å². The lowest BCUT2D eigenvalue weighted by atomic mass is 10.1. The molecule has 1 aliphatic rings. The van der Waals surface area contributed by atoms with Gasteiger partial charge in [0.2, 0.25) is 0 Å². The van der Waals surface area contributed by atoms with Crippen LogP contribution in [0.5, 0.6) is 5.75 Å². The van der Waals surface area contributed by atoms with Crippen molar-refractivity contribution in [3.05, 3.63) is 39.7 Å². The molecular weight excluding hydrogens is 268 g/mol. The van der Waals surface area contributed by atoms with Gasteiger partial charge in [-0.25, -0.2) is 4.79 Å². The van der Waals surface area contributed by atoms with Crippen LogP contribution in [0.3, 0.4) is 0 Å². The lowest BCUT2D eigenvalue weighted by molar-refractivity contribution is -1.01. The molecule has 0 saturated carbocycles. The molecule has 1 aromatic carbocycles. The van der Waals surface area contributed by atoms with Crippen LogP contribution in [0, 0.1) is 6.92 Å². The summed E-state index contributed by atoms with van der Waals surface area (Å²) >= 11 is 0. The fourth-order valence-electron chi connectivity index (χ4n) is 2.99. The Morgan fingerprint density at radius 3 is 2.62 bits per heavy atom. The molecule has 1 saturated heterocycles. The predicted octanol–water partition coefficient (Wildman–Crippen LogP) is -1.28. The first-order valence-electron chi connectivity index (χ1n) is 7.44. The van der Waals surface area contributed by atoms with E-state index in [9.17, 15) is 9.90 Å². The highest BCUT2D eigenvalue weighted by Crippen LogP contribution is 2.25. The molecule has 0 amide bonds. The Balaban J connectivity index is 1.97. The summed E-state index contributed by atoms with van der Waals surface area (Å²) in [5, 5.41) is 10.8. The molecule has 5 heteroatoms. The van der Waals surface area contributed by atoms with Crippen LogP contribution >= 0.6 is 0 Å². The Kier molecular flexibility index (Phi) is 3.69. The van der Waals surface area contributed by atoms with Crippen LogP contribution in [0.25, 0.3) is 11.0 Å². The van der Waals surface area contributed by atoms with Gasteiger partial charge in [0, 0.05) is 17.0 Å². The minimum Gasteiger partial charge on any atom is -0.508 e. The molecule has 3 rings (SSSR count). The average Bonchev–Trinajstić information content (AvgIpc) is 2.43. The fourth-order valence-corrected chi connectivity index (χ4v) is 2.99. The number of fused-ring (bicyclic) bond motifs is 1. The molecule has 0 spiro atoms. The fraction of sp³-hybridized carbons (Fsp3) is 0.438. The number of aryl methyl sites for hydroxylation is 1. The summed E-state index contributed by atoms with van der Waals surface area (Å²) < 4.78 is 5.26. The molecule has 0 bridgehead atoms. The molecule has 2 aromatic rings. The van der Waals surface area contributed by atoms with Gasteiger partial charge in [-0.3, -0.25) is 0 Å². The lowest BCUT2D eigenvalue weighted by Crippen LogP contribution is -3.26. The zero-order valence-electron chi connectivity index (χ0n) is 12.5. The van der Waals surface area contributed by atoms with E-state index in [1.165, 1.54) is 4.90 Å². The third-order valence-corrected chi connectivity index (χ3v) is 4.40. The normalized spacial score (nSPS) is 22.6. The van der Waals surface area contributed by atoms with Crippen molar-refractivity contribution in [3.63, 3.8) is 0 Å². The SMILES string of the molecule is Cc1cc2oc(=O)cc(C[NH+]3CC[NH+](C)CC3)c2cc1O. The van der Waals surface area contributed by atoms with E-state index >= 15 is 0 Å². The summed E-state index contributed by atoms with van der Waals surface area (Å²) in [5.41, 5.74) is 1.93. The quantitative estimate of drug-likeness (QED) is 0.604. The molecule has 21 heavy (non-hydrogen) atoms. The van der Waals surface area contributed by atoms with Crippen LogP contribution in [0.1, 0.15) is 11.1 Å². The maximum atomic E-state index is 11.8. The predicted molar refractivity (Wildman–Crippen MR) is 79.9 cm³/mol. The van der Waals surface area contributed by atoms with E-state index in [0.29, 0.717) is 5.58 Å². The number of quaternary nitrogens is 2. The highest BCUT2D eigenvalue weighted by Gasteiger charge is 2.21. The highest BCUT2D eigenvalue weighted by molar-refractivity contribution is 5.82. The number of piperazine rings is 1. The van der Waals surface area contributed by atoms with Crippen LogP contribution in [0.15, 0.2) is 27.4 Å². The van der Waals surface area contributed by atoms with Crippen molar-refractivity contribution in [2.45, 2.75) is 13.5 Å². The Bertz CT molecular complexity index is 715. The van der Waals surface area contributed by atoms with Gasteiger partial charge in [0.25, 0.3) is 0 Å². The topological polar surface area (TPSA) is 59.3 Å². The second-order valence-corrected chi connectivity index (χ2v) is 6.11. The molecule has 0 aliphatic carbocycles. The summed E-state index contributed by atoms with van der Waals surface area (Å²) in [6, 6.07) is 5.01. The second kappa shape index (κ2) is 5.50. The third kappa shape index (κ3) is 2.94. The first-order chi connectivity index (χ1) is 10.0. The second-order valence-electron chi connectivity index (χ2n) is 6.11. The summed E-state index contributed by atoms with van der Waals surface area (Å²) in [4.78, 5) is 14.8. The first kappa shape index (κ1) is 14.1. The molecule has 2 heterocycles. The molecule has 1 aliphatic heterocycles. The number of likely N-dealkylation sites (N-methyl/N-ethyl adjacent to an activating group) is 1. The van der Waals surface area contributed by atoms with E-state index in [2.05, 4.69) is 7.05 Å². The van der Waals surface area contributed by atoms with Crippen LogP contribution in [-0.2, 0) is 6.54 Å². The Morgan fingerprint density at radius 2 is 1.90 bits per heavy atom. The molecule has 0 atom stereocenters. The summed E-state index contributed by atoms with van der Waals surface area (Å²) in [7, 11) is 2.21. The Morgan fingerprint density at radius 1 is 1.19 bits per heavy atom. The number of phenols is 1. The zero-order valence-corrected chi connectivity index (χ0v) is 12.5. The van der Waals surface area contributed by atoms with E-state index in [-0.39, 0.29) is 11.4 Å². The van der Waals surface area contributed by atoms with E-state index in [0.717, 1.165) is 49.2 Å². The van der Waals surface area contributed by atoms with Gasteiger partial charge in [-0.05, 0) is 24.6 Å². The maximum Gasteiger partial charge on any atom is 0.336 e. The minimum absolute atomic E-state index is 0.246. The van der Waals surface area contributed by atoms with Crippen molar-refractivity contribution in [2.24, 2.45) is 0 Å². The first-order valence-corrected chi connectivity index (χ1v) is 7.44. The lowest BCUT2D eigenvalue weighted by Gasteiger charge is -2.27. The number of hydrogen-bond donors (Lipinski definition) is 3. The average molecular weight is 290 g/mol. The van der Waals surface area contributed by atoms with E-state index in [1.807, 2.05) is 0 Å². The minimum atomic E-state index is -0.318. The van der Waals surface area contributed by atoms with Crippen LogP contribution in [-0.4, -0.2) is 38.3 Å². The molecular formula is C16H22N2O3+2. The molecule has 1 fully saturated rings. The standard InChI is InChI=1S/C16H20N2O3/c1-11-7-15-13(9-14(11)19)12(8-16(20)21-15)10-18-5-3-17(2)4-6-18/h7-9,19H,3-6,10H2,1-2H3/p+2. The van der Waals surface area contributed by atoms with Gasteiger partial charge in [0.05, 0.1) is 7.05 Å². The highest BCUT2D eigenvalue weighted by atomic mass is 16.4. The van der Waals surface area contributed by atoms with Crippen molar-refractivity contribution in [2.75, 3.05) is 33.2 Å². The molecule has 0 unspecified atom stereocenters. The summed E-state index contributed by atoms with van der Waals surface area (Å²) in [6.07, 6.45) is 0. The van der Waals surface area contributed by atoms with Crippen molar-refractivity contribution in [1.29, 1.82) is 0 Å². The van der Waals surface area contributed by atoms with Crippen molar-refractivity contribution >= 4 is 11.0 Å². The van der Waals surface area contributed by atoms with Gasteiger partial charge < -0.3 is 19.3 Å². The number of aromatic hydroxyl groups is 1. The molecule has 1 aromatic heterocycles. The van der Waals surface area contributed by atoms with Gasteiger partial charge in [0.15, 0.2) is 0 Å². The number of benzene rings is 1. The molecule has 112 valence electrons. The van der Waals surface area contributed by atoms with Gasteiger partial charge in [-0.2, -0.15) is 0 Å². The van der Waals surface area contributed by atoms with Gasteiger partial charge in [-0.15, -0.1) is 0 Å². The van der Waals surface area contributed by atoms with E-state index in [1.54, 1.807) is 30.0 Å². The van der Waals surface area contributed by atoms with E-state index < -0.39 is 0 Å². The number of rotatable bonds is 2. The van der Waals surface area contributed by atoms with Crippen molar-refractivity contribution in [3.8, 4) is 5.75 Å². The van der Waals surface area contributed by atoms with E-state index in [4.69, 9.17) is 4.42 Å².